The number of rotatable bonds is 3. The van der Waals surface area contributed by atoms with Crippen LogP contribution >= 0.6 is 15.9 Å². The number of carbonyl (C=O) groups excluding carboxylic acids is 1. The maximum absolute atomic E-state index is 11.5. The first-order chi connectivity index (χ1) is 10.2. The number of anilines is 2. The number of fused-ring (bicyclic) bond motifs is 1. The number of aromatic nitrogens is 2. The third-order valence-corrected chi connectivity index (χ3v) is 4.74. The highest BCUT2D eigenvalue weighted by Crippen LogP contribution is 2.31. The second-order valence-corrected chi connectivity index (χ2v) is 6.46. The van der Waals surface area contributed by atoms with Gasteiger partial charge in [0.25, 0.3) is 0 Å². The van der Waals surface area contributed by atoms with Crippen LogP contribution in [0.4, 0.5) is 11.8 Å². The zero-order chi connectivity index (χ0) is 14.8. The number of nitrogens with zero attached hydrogens (tertiary/aromatic N) is 3. The molecule has 2 atom stereocenters. The average molecular weight is 354 g/mol. The lowest BCUT2D eigenvalue weighted by Gasteiger charge is -2.42. The Labute approximate surface area is 132 Å². The lowest BCUT2D eigenvalue weighted by atomic mass is 9.85. The standard InChI is InChI=1S/C14H20BrN5O/c1-2-16-14-17-7-10(15)13(19-14)20-6-5-11-9(8-20)3-4-12(21)18-11/h7,9,11H,2-6,8H2,1H3,(H,18,21)(H,16,17,19). The van der Waals surface area contributed by atoms with Gasteiger partial charge in [0.1, 0.15) is 5.82 Å². The van der Waals surface area contributed by atoms with Crippen molar-refractivity contribution in [3.05, 3.63) is 10.7 Å². The molecule has 0 aliphatic carbocycles. The van der Waals surface area contributed by atoms with Crippen molar-refractivity contribution in [1.82, 2.24) is 15.3 Å². The van der Waals surface area contributed by atoms with Crippen molar-refractivity contribution in [3.63, 3.8) is 0 Å². The summed E-state index contributed by atoms with van der Waals surface area (Å²) in [5.74, 6) is 2.31. The highest BCUT2D eigenvalue weighted by Gasteiger charge is 2.34. The highest BCUT2D eigenvalue weighted by atomic mass is 79.9. The lowest BCUT2D eigenvalue weighted by Crippen LogP contribution is -2.54. The fourth-order valence-corrected chi connectivity index (χ4v) is 3.57. The van der Waals surface area contributed by atoms with E-state index in [1.165, 1.54) is 0 Å². The van der Waals surface area contributed by atoms with E-state index in [2.05, 4.69) is 41.4 Å². The van der Waals surface area contributed by atoms with Gasteiger partial charge in [0, 0.05) is 38.3 Å². The molecule has 0 radical (unpaired) electrons. The van der Waals surface area contributed by atoms with Crippen LogP contribution < -0.4 is 15.5 Å². The van der Waals surface area contributed by atoms with Gasteiger partial charge in [-0.05, 0) is 41.6 Å². The molecule has 7 heteroatoms. The molecular formula is C14H20BrN5O. The Kier molecular flexibility index (Phi) is 4.28. The molecule has 1 aromatic heterocycles. The second-order valence-electron chi connectivity index (χ2n) is 5.60. The van der Waals surface area contributed by atoms with E-state index in [0.717, 1.165) is 42.8 Å². The fourth-order valence-electron chi connectivity index (χ4n) is 3.13. The van der Waals surface area contributed by atoms with Crippen LogP contribution in [0.5, 0.6) is 0 Å². The first-order valence-corrected chi connectivity index (χ1v) is 8.27. The zero-order valence-electron chi connectivity index (χ0n) is 12.1. The summed E-state index contributed by atoms with van der Waals surface area (Å²) in [6.07, 6.45) is 4.39. The van der Waals surface area contributed by atoms with E-state index in [4.69, 9.17) is 0 Å². The highest BCUT2D eigenvalue weighted by molar-refractivity contribution is 9.10. The first-order valence-electron chi connectivity index (χ1n) is 7.48. The SMILES string of the molecule is CCNc1ncc(Br)c(N2CCC3NC(=O)CCC3C2)n1. The van der Waals surface area contributed by atoms with E-state index in [1.54, 1.807) is 6.20 Å². The van der Waals surface area contributed by atoms with E-state index < -0.39 is 0 Å². The van der Waals surface area contributed by atoms with Gasteiger partial charge in [-0.2, -0.15) is 4.98 Å². The Morgan fingerprint density at radius 3 is 3.19 bits per heavy atom. The summed E-state index contributed by atoms with van der Waals surface area (Å²) in [4.78, 5) is 22.6. The Bertz CT molecular complexity index is 538. The van der Waals surface area contributed by atoms with Gasteiger partial charge < -0.3 is 15.5 Å². The summed E-state index contributed by atoms with van der Waals surface area (Å²) in [6, 6.07) is 0.330. The quantitative estimate of drug-likeness (QED) is 0.866. The van der Waals surface area contributed by atoms with E-state index in [9.17, 15) is 4.79 Å². The van der Waals surface area contributed by atoms with E-state index in [1.807, 2.05) is 6.92 Å². The number of hydrogen-bond acceptors (Lipinski definition) is 5. The molecule has 2 fully saturated rings. The van der Waals surface area contributed by atoms with Crippen molar-refractivity contribution in [2.24, 2.45) is 5.92 Å². The number of amides is 1. The molecule has 114 valence electrons. The topological polar surface area (TPSA) is 70.2 Å². The van der Waals surface area contributed by atoms with E-state index >= 15 is 0 Å². The predicted molar refractivity (Wildman–Crippen MR) is 85.4 cm³/mol. The lowest BCUT2D eigenvalue weighted by molar-refractivity contribution is -0.124. The monoisotopic (exact) mass is 353 g/mol. The van der Waals surface area contributed by atoms with Crippen molar-refractivity contribution >= 4 is 33.6 Å². The Hall–Kier alpha value is -1.37. The van der Waals surface area contributed by atoms with Gasteiger partial charge >= 0.3 is 0 Å². The van der Waals surface area contributed by atoms with Crippen molar-refractivity contribution in [3.8, 4) is 0 Å². The molecule has 1 amide bonds. The normalized spacial score (nSPS) is 25.2. The third kappa shape index (κ3) is 3.12. The molecule has 0 saturated carbocycles. The molecule has 2 aliphatic heterocycles. The molecule has 0 spiro atoms. The van der Waals surface area contributed by atoms with Crippen LogP contribution in [0.3, 0.4) is 0 Å². The summed E-state index contributed by atoms with van der Waals surface area (Å²) in [6.45, 7) is 4.67. The van der Waals surface area contributed by atoms with E-state index in [-0.39, 0.29) is 5.91 Å². The van der Waals surface area contributed by atoms with Crippen LogP contribution in [-0.2, 0) is 4.79 Å². The molecule has 3 rings (SSSR count). The Balaban J connectivity index is 1.76. The van der Waals surface area contributed by atoms with Gasteiger partial charge in [0.2, 0.25) is 11.9 Å². The smallest absolute Gasteiger partial charge is 0.224 e. The minimum Gasteiger partial charge on any atom is -0.355 e. The molecule has 2 N–H and O–H groups in total. The molecule has 0 bridgehead atoms. The maximum Gasteiger partial charge on any atom is 0.224 e. The number of hydrogen-bond donors (Lipinski definition) is 2. The number of carbonyl (C=O) groups is 1. The maximum atomic E-state index is 11.5. The van der Waals surface area contributed by atoms with Crippen LogP contribution in [0, 0.1) is 5.92 Å². The minimum absolute atomic E-state index is 0.197. The van der Waals surface area contributed by atoms with Gasteiger partial charge in [0.05, 0.1) is 4.47 Å². The van der Waals surface area contributed by atoms with Crippen LogP contribution in [-0.4, -0.2) is 41.6 Å². The van der Waals surface area contributed by atoms with Crippen LogP contribution in [0.15, 0.2) is 10.7 Å². The number of nitrogens with one attached hydrogen (secondary N) is 2. The average Bonchev–Trinajstić information content (AvgIpc) is 2.49. The Morgan fingerprint density at radius 1 is 1.52 bits per heavy atom. The molecule has 21 heavy (non-hydrogen) atoms. The summed E-state index contributed by atoms with van der Waals surface area (Å²) in [5.41, 5.74) is 0. The number of halogens is 1. The minimum atomic E-state index is 0.197. The first kappa shape index (κ1) is 14.6. The summed E-state index contributed by atoms with van der Waals surface area (Å²) < 4.78 is 0.919. The Morgan fingerprint density at radius 2 is 2.38 bits per heavy atom. The predicted octanol–water partition coefficient (Wildman–Crippen LogP) is 1.78. The van der Waals surface area contributed by atoms with Gasteiger partial charge in [-0.1, -0.05) is 0 Å². The molecule has 2 aliphatic rings. The van der Waals surface area contributed by atoms with E-state index in [0.29, 0.717) is 24.3 Å². The molecule has 6 nitrogen and oxygen atoms in total. The van der Waals surface area contributed by atoms with Gasteiger partial charge in [-0.3, -0.25) is 4.79 Å². The zero-order valence-corrected chi connectivity index (χ0v) is 13.7. The summed E-state index contributed by atoms with van der Waals surface area (Å²) >= 11 is 3.55. The second kappa shape index (κ2) is 6.17. The largest absolute Gasteiger partial charge is 0.355 e. The molecule has 0 aromatic carbocycles. The molecule has 1 aromatic rings. The van der Waals surface area contributed by atoms with Crippen molar-refractivity contribution in [2.75, 3.05) is 29.9 Å². The van der Waals surface area contributed by atoms with Crippen LogP contribution in [0.1, 0.15) is 26.2 Å². The molecule has 2 saturated heterocycles. The van der Waals surface area contributed by atoms with Gasteiger partial charge in [0.15, 0.2) is 0 Å². The van der Waals surface area contributed by atoms with Crippen molar-refractivity contribution < 1.29 is 4.79 Å². The summed E-state index contributed by atoms with van der Waals surface area (Å²) in [7, 11) is 0. The molecular weight excluding hydrogens is 334 g/mol. The summed E-state index contributed by atoms with van der Waals surface area (Å²) in [5, 5.41) is 6.26. The van der Waals surface area contributed by atoms with Gasteiger partial charge in [-0.25, -0.2) is 4.98 Å². The van der Waals surface area contributed by atoms with Crippen LogP contribution in [0.25, 0.3) is 0 Å². The number of piperidine rings is 2. The van der Waals surface area contributed by atoms with Crippen molar-refractivity contribution in [2.45, 2.75) is 32.2 Å². The fraction of sp³-hybridized carbons (Fsp3) is 0.643. The third-order valence-electron chi connectivity index (χ3n) is 4.18. The molecule has 3 heterocycles. The van der Waals surface area contributed by atoms with Gasteiger partial charge in [-0.15, -0.1) is 0 Å². The van der Waals surface area contributed by atoms with Crippen LogP contribution in [0.2, 0.25) is 0 Å². The molecule has 2 unspecified atom stereocenters. The van der Waals surface area contributed by atoms with Crippen molar-refractivity contribution in [1.29, 1.82) is 0 Å².